The molecule has 1 aromatic carbocycles. The molecular weight excluding hydrogens is 310 g/mol. The summed E-state index contributed by atoms with van der Waals surface area (Å²) in [4.78, 5) is 15.8. The monoisotopic (exact) mass is 339 g/mol. The number of para-hydroxylation sites is 1. The summed E-state index contributed by atoms with van der Waals surface area (Å²) >= 11 is 0. The van der Waals surface area contributed by atoms with Crippen LogP contribution in [0.2, 0.25) is 0 Å². The van der Waals surface area contributed by atoms with Gasteiger partial charge in [-0.2, -0.15) is 0 Å². The maximum absolute atomic E-state index is 13.2. The van der Waals surface area contributed by atoms with E-state index in [-0.39, 0.29) is 5.56 Å². The highest BCUT2D eigenvalue weighted by Crippen LogP contribution is 2.35. The van der Waals surface area contributed by atoms with E-state index in [9.17, 15) is 4.79 Å². The molecule has 25 heavy (non-hydrogen) atoms. The van der Waals surface area contributed by atoms with Crippen molar-refractivity contribution < 1.29 is 0 Å². The van der Waals surface area contributed by atoms with Gasteiger partial charge in [-0.25, -0.2) is 4.68 Å². The van der Waals surface area contributed by atoms with Crippen molar-refractivity contribution in [3.05, 3.63) is 51.9 Å². The van der Waals surface area contributed by atoms with Gasteiger partial charge in [0.05, 0.1) is 11.3 Å². The van der Waals surface area contributed by atoms with Crippen molar-refractivity contribution in [3.8, 4) is 5.69 Å². The molecule has 0 bridgehead atoms. The van der Waals surface area contributed by atoms with E-state index in [2.05, 4.69) is 11.8 Å². The van der Waals surface area contributed by atoms with E-state index in [1.54, 1.807) is 0 Å². The van der Waals surface area contributed by atoms with E-state index >= 15 is 0 Å². The zero-order valence-electron chi connectivity index (χ0n) is 15.4. The summed E-state index contributed by atoms with van der Waals surface area (Å²) in [7, 11) is 1.99. The maximum Gasteiger partial charge on any atom is 0.276 e. The molecule has 4 heteroatoms. The van der Waals surface area contributed by atoms with Crippen molar-refractivity contribution in [1.29, 1.82) is 0 Å². The number of aromatic nitrogens is 2. The number of hydrogen-bond acceptors (Lipinski definition) is 2. The minimum absolute atomic E-state index is 0.143. The molecule has 0 N–H and O–H groups in total. The predicted octanol–water partition coefficient (Wildman–Crippen LogP) is 3.64. The highest BCUT2D eigenvalue weighted by atomic mass is 16.1. The van der Waals surface area contributed by atoms with Gasteiger partial charge in [0.2, 0.25) is 0 Å². The van der Waals surface area contributed by atoms with Gasteiger partial charge in [-0.15, -0.1) is 0 Å². The van der Waals surface area contributed by atoms with E-state index in [1.807, 2.05) is 46.7 Å². The SMILES string of the molecule is Cc1c(CN2CCC[C@H]3CCCC[C@H]32)c(=O)n(-c2ccccc2)n1C. The fourth-order valence-electron chi connectivity index (χ4n) is 4.93. The molecule has 2 aromatic rings. The van der Waals surface area contributed by atoms with Gasteiger partial charge in [0.15, 0.2) is 0 Å². The zero-order valence-corrected chi connectivity index (χ0v) is 15.4. The van der Waals surface area contributed by atoms with Crippen LogP contribution in [0, 0.1) is 12.8 Å². The van der Waals surface area contributed by atoms with Gasteiger partial charge in [-0.1, -0.05) is 31.0 Å². The van der Waals surface area contributed by atoms with Crippen molar-refractivity contribution in [2.24, 2.45) is 13.0 Å². The topological polar surface area (TPSA) is 30.2 Å². The Labute approximate surface area is 150 Å². The second kappa shape index (κ2) is 6.83. The lowest BCUT2D eigenvalue weighted by molar-refractivity contribution is 0.0543. The van der Waals surface area contributed by atoms with Gasteiger partial charge < -0.3 is 0 Å². The molecular formula is C21H29N3O. The van der Waals surface area contributed by atoms with Crippen LogP contribution in [0.25, 0.3) is 5.69 Å². The van der Waals surface area contributed by atoms with Crippen molar-refractivity contribution in [2.45, 2.75) is 58.0 Å². The molecule has 4 nitrogen and oxygen atoms in total. The van der Waals surface area contributed by atoms with E-state index < -0.39 is 0 Å². The summed E-state index contributed by atoms with van der Waals surface area (Å²) in [6, 6.07) is 10.7. The maximum atomic E-state index is 13.2. The first-order valence-electron chi connectivity index (χ1n) is 9.74. The van der Waals surface area contributed by atoms with Crippen LogP contribution >= 0.6 is 0 Å². The van der Waals surface area contributed by atoms with Crippen LogP contribution < -0.4 is 5.56 Å². The van der Waals surface area contributed by atoms with Crippen LogP contribution in [-0.2, 0) is 13.6 Å². The lowest BCUT2D eigenvalue weighted by atomic mass is 9.78. The molecule has 1 aromatic heterocycles. The third kappa shape index (κ3) is 2.97. The second-order valence-electron chi connectivity index (χ2n) is 7.76. The summed E-state index contributed by atoms with van der Waals surface area (Å²) in [5.74, 6) is 0.850. The van der Waals surface area contributed by atoms with Crippen LogP contribution in [0.1, 0.15) is 49.8 Å². The molecule has 0 spiro atoms. The van der Waals surface area contributed by atoms with Gasteiger partial charge in [0.25, 0.3) is 5.56 Å². The molecule has 1 aliphatic heterocycles. The molecule has 0 amide bonds. The standard InChI is InChI=1S/C21H29N3O/c1-16-19(15-23-14-8-10-17-9-6-7-13-20(17)23)21(25)24(22(16)2)18-11-4-3-5-12-18/h3-5,11-12,17,20H,6-10,13-15H2,1-2H3/t17-,20-/m1/s1. The Morgan fingerprint density at radius 1 is 1.04 bits per heavy atom. The van der Waals surface area contributed by atoms with Gasteiger partial charge >= 0.3 is 0 Å². The normalized spacial score (nSPS) is 24.2. The number of benzene rings is 1. The average Bonchev–Trinajstić information content (AvgIpc) is 2.86. The van der Waals surface area contributed by atoms with E-state index in [4.69, 9.17) is 0 Å². The first-order valence-corrected chi connectivity index (χ1v) is 9.74. The summed E-state index contributed by atoms with van der Waals surface area (Å²) in [6.45, 7) is 4.03. The van der Waals surface area contributed by atoms with Gasteiger partial charge in [0.1, 0.15) is 0 Å². The second-order valence-corrected chi connectivity index (χ2v) is 7.76. The minimum Gasteiger partial charge on any atom is -0.296 e. The molecule has 0 radical (unpaired) electrons. The lowest BCUT2D eigenvalue weighted by Crippen LogP contribution is -2.46. The number of rotatable bonds is 3. The number of nitrogens with zero attached hydrogens (tertiary/aromatic N) is 3. The van der Waals surface area contributed by atoms with Gasteiger partial charge in [-0.3, -0.25) is 14.4 Å². The van der Waals surface area contributed by atoms with Gasteiger partial charge in [0, 0.05) is 25.3 Å². The number of likely N-dealkylation sites (tertiary alicyclic amines) is 1. The quantitative estimate of drug-likeness (QED) is 0.855. The summed E-state index contributed by atoms with van der Waals surface area (Å²) < 4.78 is 3.82. The molecule has 0 unspecified atom stereocenters. The summed E-state index contributed by atoms with van der Waals surface area (Å²) in [5.41, 5.74) is 3.15. The van der Waals surface area contributed by atoms with Crippen molar-refractivity contribution >= 4 is 0 Å². The van der Waals surface area contributed by atoms with Crippen LogP contribution in [0.5, 0.6) is 0 Å². The Bertz CT molecular complexity index is 787. The Morgan fingerprint density at radius 3 is 2.56 bits per heavy atom. The van der Waals surface area contributed by atoms with Crippen molar-refractivity contribution in [3.63, 3.8) is 0 Å². The van der Waals surface area contributed by atoms with E-state index in [1.165, 1.54) is 38.5 Å². The largest absolute Gasteiger partial charge is 0.296 e. The van der Waals surface area contributed by atoms with Crippen LogP contribution in [-0.4, -0.2) is 26.9 Å². The smallest absolute Gasteiger partial charge is 0.276 e. The van der Waals surface area contributed by atoms with E-state index in [0.29, 0.717) is 6.04 Å². The molecule has 134 valence electrons. The summed E-state index contributed by atoms with van der Waals surface area (Å²) in [5, 5.41) is 0. The predicted molar refractivity (Wildman–Crippen MR) is 101 cm³/mol. The Hall–Kier alpha value is -1.81. The minimum atomic E-state index is 0.143. The van der Waals surface area contributed by atoms with Crippen molar-refractivity contribution in [2.75, 3.05) is 6.54 Å². The molecule has 2 atom stereocenters. The highest BCUT2D eigenvalue weighted by Gasteiger charge is 2.34. The zero-order chi connectivity index (χ0) is 17.4. The third-order valence-corrected chi connectivity index (χ3v) is 6.39. The first kappa shape index (κ1) is 16.6. The molecule has 1 saturated heterocycles. The lowest BCUT2D eigenvalue weighted by Gasteiger charge is -2.44. The third-order valence-electron chi connectivity index (χ3n) is 6.39. The number of fused-ring (bicyclic) bond motifs is 1. The van der Waals surface area contributed by atoms with Gasteiger partial charge in [-0.05, 0) is 57.2 Å². The van der Waals surface area contributed by atoms with E-state index in [0.717, 1.165) is 36.0 Å². The van der Waals surface area contributed by atoms with Crippen molar-refractivity contribution in [1.82, 2.24) is 14.3 Å². The highest BCUT2D eigenvalue weighted by molar-refractivity contribution is 5.33. The fourth-order valence-corrected chi connectivity index (χ4v) is 4.93. The Morgan fingerprint density at radius 2 is 1.76 bits per heavy atom. The fraction of sp³-hybridized carbons (Fsp3) is 0.571. The Balaban J connectivity index is 1.66. The summed E-state index contributed by atoms with van der Waals surface area (Å²) in [6.07, 6.45) is 8.08. The average molecular weight is 339 g/mol. The molecule has 2 heterocycles. The molecule has 2 fully saturated rings. The Kier molecular flexibility index (Phi) is 4.55. The first-order chi connectivity index (χ1) is 12.2. The number of piperidine rings is 1. The molecule has 1 saturated carbocycles. The number of hydrogen-bond donors (Lipinski definition) is 0. The van der Waals surface area contributed by atoms with Crippen LogP contribution in [0.3, 0.4) is 0 Å². The molecule has 2 aliphatic rings. The molecule has 1 aliphatic carbocycles. The van der Waals surface area contributed by atoms with Crippen LogP contribution in [0.15, 0.2) is 35.1 Å². The van der Waals surface area contributed by atoms with Crippen LogP contribution in [0.4, 0.5) is 0 Å². The molecule has 4 rings (SSSR count).